The lowest BCUT2D eigenvalue weighted by molar-refractivity contribution is 0.284. The van der Waals surface area contributed by atoms with E-state index in [1.807, 2.05) is 37.5 Å². The maximum atomic E-state index is 14.7. The molecule has 488 valence electrons. The Morgan fingerprint density at radius 1 is 0.315 bits per heavy atom. The average molecular weight is 1330 g/mol. The van der Waals surface area contributed by atoms with E-state index in [-0.39, 0.29) is 88.3 Å². The summed E-state index contributed by atoms with van der Waals surface area (Å²) >= 11 is 0. The molecule has 0 heterocycles. The minimum atomic E-state index is -4.79. The van der Waals surface area contributed by atoms with Gasteiger partial charge in [0.25, 0.3) is 0 Å². The normalized spacial score (nSPS) is 16.2. The largest absolute Gasteiger partial charge is 0.507 e. The lowest BCUT2D eigenvalue weighted by Gasteiger charge is -2.30. The Morgan fingerprint density at radius 2 is 0.500 bits per heavy atom. The summed E-state index contributed by atoms with van der Waals surface area (Å²) in [6.45, 7) is 22.9. The Bertz CT molecular complexity index is 4000. The molecule has 8 aromatic carbocycles. The number of aryl methyl sites for hydroxylation is 4. The van der Waals surface area contributed by atoms with Crippen LogP contribution in [0.3, 0.4) is 0 Å². The molecule has 9 rings (SSSR count). The molecule has 8 bridgehead atoms. The summed E-state index contributed by atoms with van der Waals surface area (Å²) in [5.41, 5.74) is 3.54. The van der Waals surface area contributed by atoms with Crippen molar-refractivity contribution in [1.82, 2.24) is 9.80 Å². The minimum Gasteiger partial charge on any atom is -0.507 e. The third-order valence-electron chi connectivity index (χ3n) is 17.5. The van der Waals surface area contributed by atoms with Crippen LogP contribution in [-0.2, 0) is 53.6 Å². The Kier molecular flexibility index (Phi) is 19.9. The summed E-state index contributed by atoms with van der Waals surface area (Å²) in [6, 6.07) is 31.6. The minimum absolute atomic E-state index is 0.0199. The quantitative estimate of drug-likeness (QED) is 0.0517. The van der Waals surface area contributed by atoms with Crippen LogP contribution in [0.25, 0.3) is 0 Å². The Labute approximate surface area is 540 Å². The van der Waals surface area contributed by atoms with Gasteiger partial charge in [-0.15, -0.1) is 0 Å². The molecule has 0 spiro atoms. The molecule has 4 N–H and O–H groups in total. The summed E-state index contributed by atoms with van der Waals surface area (Å²) in [6.07, 6.45) is 0. The molecular weight excluding hydrogens is 1250 g/mol. The highest BCUT2D eigenvalue weighted by Gasteiger charge is 2.37. The van der Waals surface area contributed by atoms with Gasteiger partial charge in [-0.05, 0) is 127 Å². The first-order chi connectivity index (χ1) is 43.3. The van der Waals surface area contributed by atoms with Crippen LogP contribution in [0.1, 0.15) is 157 Å². The van der Waals surface area contributed by atoms with Crippen molar-refractivity contribution in [2.75, 3.05) is 26.2 Å². The molecule has 0 radical (unpaired) electrons. The zero-order valence-corrected chi connectivity index (χ0v) is 56.7. The zero-order chi connectivity index (χ0) is 67.1. The van der Waals surface area contributed by atoms with Gasteiger partial charge >= 0.3 is 40.5 Å². The second-order valence-electron chi connectivity index (χ2n) is 23.5. The first kappa shape index (κ1) is 68.3. The summed E-state index contributed by atoms with van der Waals surface area (Å²) in [4.78, 5) is 2.84. The number of phenolic OH excluding ortho intramolecular Hbond substituents is 4. The molecule has 1 aliphatic rings. The van der Waals surface area contributed by atoms with Crippen LogP contribution < -0.4 is 16.7 Å². The van der Waals surface area contributed by atoms with Crippen molar-refractivity contribution in [3.05, 3.63) is 211 Å². The van der Waals surface area contributed by atoms with Gasteiger partial charge in [-0.2, -0.15) is 33.7 Å². The van der Waals surface area contributed by atoms with Gasteiger partial charge in [0.05, 0.1) is 11.1 Å². The fourth-order valence-corrected chi connectivity index (χ4v) is 15.3. The number of nitrogens with zero attached hydrogens (tertiary/aromatic N) is 2. The fourth-order valence-electron chi connectivity index (χ4n) is 11.5. The Morgan fingerprint density at radius 3 is 0.685 bits per heavy atom. The summed E-state index contributed by atoms with van der Waals surface area (Å²) in [5.74, 6) is -8.04. The Hall–Kier alpha value is -8.12. The molecule has 1 aliphatic carbocycles. The van der Waals surface area contributed by atoms with E-state index < -0.39 is 110 Å². The molecule has 0 saturated heterocycles. The number of benzene rings is 8. The van der Waals surface area contributed by atoms with Crippen LogP contribution >= 0.6 is 0 Å². The van der Waals surface area contributed by atoms with Gasteiger partial charge in [-0.3, -0.25) is 9.80 Å². The molecule has 0 aliphatic heterocycles. The predicted molar refractivity (Wildman–Crippen MR) is 352 cm³/mol. The SMILES string of the molecule is CCN(CC)Cc1c(O)c2cc(c1O)[C@@H](C)c1cc(c(OS(=O)(=O)c3ccc(C)cc3)cc1OS(=O)(=O)c1ccc(C)cc1)[C@@H](C)c1cc(c(O)c(CN(CC)CC)c1O)[C@@H](C)c1cc(c(OS(=O)(=O)c3ccc(C)cc3)cc1OS(=O)(=O)c1ccc(C)cc1)[C@H]2C. The molecule has 22 heteroatoms. The molecule has 0 fully saturated rings. The number of rotatable bonds is 20. The molecule has 18 nitrogen and oxygen atoms in total. The number of fused-ring (bicyclic) bond motifs is 8. The summed E-state index contributed by atoms with van der Waals surface area (Å²) in [5, 5.41) is 51.5. The van der Waals surface area contributed by atoms with Crippen molar-refractivity contribution in [3.63, 3.8) is 0 Å². The smallest absolute Gasteiger partial charge is 0.339 e. The molecule has 0 amide bonds. The van der Waals surface area contributed by atoms with Gasteiger partial charge in [-0.1, -0.05) is 126 Å². The molecule has 8 aromatic rings. The number of hydrogen-bond donors (Lipinski definition) is 4. The number of phenols is 4. The van der Waals surface area contributed by atoms with Crippen LogP contribution in [0.15, 0.2) is 153 Å². The van der Waals surface area contributed by atoms with Gasteiger partial charge < -0.3 is 37.2 Å². The topological polar surface area (TPSA) is 261 Å². The molecule has 92 heavy (non-hydrogen) atoms. The second-order valence-corrected chi connectivity index (χ2v) is 29.7. The van der Waals surface area contributed by atoms with E-state index in [1.54, 1.807) is 104 Å². The van der Waals surface area contributed by atoms with E-state index in [9.17, 15) is 54.1 Å². The Balaban J connectivity index is 1.45. The van der Waals surface area contributed by atoms with Crippen molar-refractivity contribution in [1.29, 1.82) is 0 Å². The van der Waals surface area contributed by atoms with Gasteiger partial charge in [-0.25, -0.2) is 0 Å². The summed E-state index contributed by atoms with van der Waals surface area (Å²) < 4.78 is 142. The monoisotopic (exact) mass is 1330 g/mol. The summed E-state index contributed by atoms with van der Waals surface area (Å²) in [7, 11) is -19.2. The molecule has 0 saturated carbocycles. The molecule has 0 unspecified atom stereocenters. The fraction of sp³-hybridized carbons (Fsp3) is 0.314. The van der Waals surface area contributed by atoms with Crippen LogP contribution in [0, 0.1) is 27.7 Å². The standard InChI is InChI=1S/C70H78N2O16S4/c1-13-71(14-2)39-61-67(73)57-35-58(68(61)74)46(10)54-34-56(66(88-92(83,84)52-31-23-44(8)24-32-52)38-64(54)86-90(79,80)50-27-19-42(6)20-28-50)48(12)60-36-59(69(75)62(70(60)76)40-72(15-3)16-4)47(11)55-33-53(45(57)9)63(85-89(77,78)49-25-17-41(5)18-26-49)37-65(55)87-91(81,82)51-29-21-43(7)22-30-51/h17-38,45-48,73-76H,13-16,39-40H2,1-12H3/t45-,46+,47+,48-. The first-order valence-corrected chi connectivity index (χ1v) is 36.0. The van der Waals surface area contributed by atoms with Crippen LogP contribution in [0.2, 0.25) is 0 Å². The van der Waals surface area contributed by atoms with E-state index in [1.165, 1.54) is 72.8 Å². The van der Waals surface area contributed by atoms with E-state index in [0.717, 1.165) is 34.4 Å². The van der Waals surface area contributed by atoms with E-state index in [2.05, 4.69) is 0 Å². The van der Waals surface area contributed by atoms with Crippen molar-refractivity contribution >= 4 is 40.5 Å². The lowest BCUT2D eigenvalue weighted by atomic mass is 9.79. The van der Waals surface area contributed by atoms with Crippen molar-refractivity contribution in [2.45, 2.75) is 139 Å². The van der Waals surface area contributed by atoms with Gasteiger partial charge in [0.1, 0.15) is 42.6 Å². The molecule has 4 atom stereocenters. The maximum Gasteiger partial charge on any atom is 0.339 e. The van der Waals surface area contributed by atoms with Gasteiger partial charge in [0.15, 0.2) is 23.0 Å². The lowest BCUT2D eigenvalue weighted by Crippen LogP contribution is -2.23. The highest BCUT2D eigenvalue weighted by atomic mass is 32.2. The van der Waals surface area contributed by atoms with Crippen LogP contribution in [0.5, 0.6) is 46.0 Å². The highest BCUT2D eigenvalue weighted by molar-refractivity contribution is 7.88. The second kappa shape index (κ2) is 26.8. The van der Waals surface area contributed by atoms with Crippen molar-refractivity contribution in [2.24, 2.45) is 0 Å². The van der Waals surface area contributed by atoms with E-state index in [0.29, 0.717) is 26.2 Å². The maximum absolute atomic E-state index is 14.7. The third-order valence-corrected chi connectivity index (χ3v) is 22.5. The first-order valence-electron chi connectivity index (χ1n) is 30.3. The van der Waals surface area contributed by atoms with Crippen LogP contribution in [0.4, 0.5) is 0 Å². The van der Waals surface area contributed by atoms with Gasteiger partial charge in [0.2, 0.25) is 0 Å². The van der Waals surface area contributed by atoms with Gasteiger partial charge in [0, 0.05) is 93.4 Å². The third kappa shape index (κ3) is 14.0. The molecular formula is C70H78N2O16S4. The van der Waals surface area contributed by atoms with Crippen molar-refractivity contribution < 1.29 is 70.8 Å². The molecule has 0 aromatic heterocycles. The van der Waals surface area contributed by atoms with Crippen LogP contribution in [-0.4, -0.2) is 90.1 Å². The van der Waals surface area contributed by atoms with E-state index in [4.69, 9.17) is 16.7 Å². The van der Waals surface area contributed by atoms with E-state index >= 15 is 0 Å². The number of aromatic hydroxyl groups is 4. The average Bonchev–Trinajstić information content (AvgIpc) is 0.758. The predicted octanol–water partition coefficient (Wildman–Crippen LogP) is 13.4. The highest BCUT2D eigenvalue weighted by Crippen LogP contribution is 2.53. The van der Waals surface area contributed by atoms with Crippen molar-refractivity contribution in [3.8, 4) is 46.0 Å². The zero-order valence-electron chi connectivity index (χ0n) is 53.5. The number of hydrogen-bond acceptors (Lipinski definition) is 18.